The number of aliphatic hydroxyl groups is 1. The van der Waals surface area contributed by atoms with Gasteiger partial charge >= 0.3 is 0 Å². The van der Waals surface area contributed by atoms with Crippen molar-refractivity contribution in [3.63, 3.8) is 0 Å². The van der Waals surface area contributed by atoms with Crippen LogP contribution in [0.25, 0.3) is 0 Å². The number of halogens is 2. The third kappa shape index (κ3) is 6.04. The van der Waals surface area contributed by atoms with Crippen LogP contribution in [0.1, 0.15) is 13.8 Å². The van der Waals surface area contributed by atoms with Crippen molar-refractivity contribution < 1.29 is 9.90 Å². The molecule has 6 heteroatoms. The van der Waals surface area contributed by atoms with Crippen LogP contribution < -0.4 is 5.32 Å². The molecule has 1 aromatic carbocycles. The Kier molecular flexibility index (Phi) is 6.47. The summed E-state index contributed by atoms with van der Waals surface area (Å²) in [4.78, 5) is 12.5. The smallest absolute Gasteiger partial charge is 0.230 e. The predicted molar refractivity (Wildman–Crippen MR) is 81.1 cm³/mol. The van der Waals surface area contributed by atoms with Crippen molar-refractivity contribution in [3.8, 4) is 0 Å². The minimum Gasteiger partial charge on any atom is -0.396 e. The second-order valence-electron chi connectivity index (χ2n) is 4.96. The molecule has 0 aliphatic heterocycles. The van der Waals surface area contributed by atoms with Crippen molar-refractivity contribution in [1.29, 1.82) is 0 Å². The highest BCUT2D eigenvalue weighted by molar-refractivity contribution is 8.00. The number of carbonyl (C=O) groups is 1. The highest BCUT2D eigenvalue weighted by Gasteiger charge is 2.17. The summed E-state index contributed by atoms with van der Waals surface area (Å²) >= 11 is 13.2. The summed E-state index contributed by atoms with van der Waals surface area (Å²) in [7, 11) is 0. The first-order valence-corrected chi connectivity index (χ1v) is 7.53. The number of hydrogen-bond donors (Lipinski definition) is 2. The Morgan fingerprint density at radius 1 is 1.42 bits per heavy atom. The molecule has 0 aromatic heterocycles. The van der Waals surface area contributed by atoms with Crippen LogP contribution in [0.15, 0.2) is 23.1 Å². The normalized spacial score (nSPS) is 11.4. The molecular weight excluding hydrogens is 305 g/mol. The number of amides is 1. The van der Waals surface area contributed by atoms with Gasteiger partial charge in [0.15, 0.2) is 0 Å². The maximum absolute atomic E-state index is 11.7. The molecule has 0 heterocycles. The molecule has 106 valence electrons. The number of rotatable bonds is 6. The lowest BCUT2D eigenvalue weighted by atomic mass is 9.95. The van der Waals surface area contributed by atoms with E-state index in [-0.39, 0.29) is 23.7 Å². The molecule has 0 bridgehead atoms. The molecule has 0 saturated carbocycles. The molecule has 0 fully saturated rings. The van der Waals surface area contributed by atoms with Crippen molar-refractivity contribution in [2.75, 3.05) is 18.9 Å². The Balaban J connectivity index is 2.44. The van der Waals surface area contributed by atoms with Crippen molar-refractivity contribution >= 4 is 40.9 Å². The zero-order chi connectivity index (χ0) is 14.5. The average Bonchev–Trinajstić information content (AvgIpc) is 2.37. The molecule has 0 unspecified atom stereocenters. The minimum absolute atomic E-state index is 0.0283. The fourth-order valence-electron chi connectivity index (χ4n) is 1.18. The van der Waals surface area contributed by atoms with Gasteiger partial charge in [-0.2, -0.15) is 0 Å². The molecule has 2 N–H and O–H groups in total. The van der Waals surface area contributed by atoms with Crippen molar-refractivity contribution in [2.24, 2.45) is 5.41 Å². The van der Waals surface area contributed by atoms with Crippen LogP contribution in [0.4, 0.5) is 0 Å². The Labute approximate surface area is 127 Å². The van der Waals surface area contributed by atoms with Gasteiger partial charge in [-0.15, -0.1) is 11.8 Å². The van der Waals surface area contributed by atoms with Gasteiger partial charge in [0.25, 0.3) is 0 Å². The number of carbonyl (C=O) groups excluding carboxylic acids is 1. The first-order chi connectivity index (χ1) is 8.84. The second kappa shape index (κ2) is 7.39. The van der Waals surface area contributed by atoms with Crippen molar-refractivity contribution in [1.82, 2.24) is 5.32 Å². The van der Waals surface area contributed by atoms with Crippen LogP contribution >= 0.6 is 35.0 Å². The van der Waals surface area contributed by atoms with Gasteiger partial charge in [0, 0.05) is 28.5 Å². The van der Waals surface area contributed by atoms with E-state index in [4.69, 9.17) is 28.3 Å². The number of benzene rings is 1. The molecular formula is C13H17Cl2NO2S. The number of aliphatic hydroxyl groups excluding tert-OH is 1. The van der Waals surface area contributed by atoms with Crippen LogP contribution in [0.2, 0.25) is 10.0 Å². The van der Waals surface area contributed by atoms with Crippen LogP contribution in [0.3, 0.4) is 0 Å². The molecule has 0 spiro atoms. The lowest BCUT2D eigenvalue weighted by Gasteiger charge is -2.21. The fourth-order valence-corrected chi connectivity index (χ4v) is 2.50. The summed E-state index contributed by atoms with van der Waals surface area (Å²) in [6.07, 6.45) is 0. The van der Waals surface area contributed by atoms with Gasteiger partial charge < -0.3 is 10.4 Å². The van der Waals surface area contributed by atoms with E-state index in [9.17, 15) is 4.79 Å². The highest BCUT2D eigenvalue weighted by atomic mass is 35.5. The van der Waals surface area contributed by atoms with Gasteiger partial charge in [0.1, 0.15) is 0 Å². The third-order valence-electron chi connectivity index (χ3n) is 2.44. The van der Waals surface area contributed by atoms with Gasteiger partial charge in [-0.3, -0.25) is 4.79 Å². The van der Waals surface area contributed by atoms with Gasteiger partial charge in [-0.25, -0.2) is 0 Å². The molecule has 0 aliphatic carbocycles. The largest absolute Gasteiger partial charge is 0.396 e. The van der Waals surface area contributed by atoms with E-state index in [2.05, 4.69) is 5.32 Å². The lowest BCUT2D eigenvalue weighted by Crippen LogP contribution is -2.36. The zero-order valence-corrected chi connectivity index (χ0v) is 13.2. The third-order valence-corrected chi connectivity index (χ3v) is 4.18. The number of thioether (sulfide) groups is 1. The van der Waals surface area contributed by atoms with E-state index in [0.717, 1.165) is 4.90 Å². The molecule has 0 atom stereocenters. The highest BCUT2D eigenvalue weighted by Crippen LogP contribution is 2.29. The van der Waals surface area contributed by atoms with Gasteiger partial charge in [-0.05, 0) is 18.2 Å². The van der Waals surface area contributed by atoms with Crippen LogP contribution in [-0.2, 0) is 4.79 Å². The predicted octanol–water partition coefficient (Wildman–Crippen LogP) is 3.22. The molecule has 0 saturated heterocycles. The topological polar surface area (TPSA) is 49.3 Å². The van der Waals surface area contributed by atoms with Crippen LogP contribution in [-0.4, -0.2) is 29.9 Å². The van der Waals surface area contributed by atoms with Gasteiger partial charge in [-0.1, -0.05) is 37.0 Å². The monoisotopic (exact) mass is 321 g/mol. The summed E-state index contributed by atoms with van der Waals surface area (Å²) in [5.41, 5.74) is -0.311. The van der Waals surface area contributed by atoms with E-state index >= 15 is 0 Å². The van der Waals surface area contributed by atoms with Gasteiger partial charge in [0.2, 0.25) is 5.91 Å². The minimum atomic E-state index is -0.311. The van der Waals surface area contributed by atoms with Crippen LogP contribution in [0, 0.1) is 5.41 Å². The van der Waals surface area contributed by atoms with Crippen molar-refractivity contribution in [2.45, 2.75) is 18.7 Å². The molecule has 0 radical (unpaired) electrons. The molecule has 1 amide bonds. The summed E-state index contributed by atoms with van der Waals surface area (Å²) in [5.74, 6) is 0.171. The Bertz CT molecular complexity index is 452. The Morgan fingerprint density at radius 2 is 2.11 bits per heavy atom. The van der Waals surface area contributed by atoms with Crippen molar-refractivity contribution in [3.05, 3.63) is 28.2 Å². The quantitative estimate of drug-likeness (QED) is 0.791. The zero-order valence-electron chi connectivity index (χ0n) is 10.9. The lowest BCUT2D eigenvalue weighted by molar-refractivity contribution is -0.119. The van der Waals surface area contributed by atoms with E-state index in [0.29, 0.717) is 16.6 Å². The summed E-state index contributed by atoms with van der Waals surface area (Å²) in [6.45, 7) is 4.23. The first kappa shape index (κ1) is 16.6. The maximum atomic E-state index is 11.7. The fraction of sp³-hybridized carbons (Fsp3) is 0.462. The van der Waals surface area contributed by atoms with E-state index in [1.54, 1.807) is 18.2 Å². The van der Waals surface area contributed by atoms with E-state index in [1.807, 2.05) is 13.8 Å². The summed E-state index contributed by atoms with van der Waals surface area (Å²) < 4.78 is 0. The number of nitrogens with one attached hydrogen (secondary N) is 1. The first-order valence-electron chi connectivity index (χ1n) is 5.79. The Hall–Kier alpha value is -0.420. The van der Waals surface area contributed by atoms with E-state index < -0.39 is 0 Å². The second-order valence-corrected chi connectivity index (χ2v) is 6.82. The molecule has 19 heavy (non-hydrogen) atoms. The maximum Gasteiger partial charge on any atom is 0.230 e. The number of hydrogen-bond acceptors (Lipinski definition) is 3. The van der Waals surface area contributed by atoms with Crippen LogP contribution in [0.5, 0.6) is 0 Å². The Morgan fingerprint density at radius 3 is 2.74 bits per heavy atom. The summed E-state index contributed by atoms with van der Waals surface area (Å²) in [5, 5.41) is 13.0. The molecule has 3 nitrogen and oxygen atoms in total. The standard InChI is InChI=1S/C13H17Cl2NO2S/c1-13(2,8-17)7-16-12(18)6-19-11-5-9(14)3-4-10(11)15/h3-5,17H,6-8H2,1-2H3,(H,16,18). The average molecular weight is 322 g/mol. The molecule has 1 rings (SSSR count). The molecule has 1 aromatic rings. The van der Waals surface area contributed by atoms with E-state index in [1.165, 1.54) is 11.8 Å². The van der Waals surface area contributed by atoms with Gasteiger partial charge in [0.05, 0.1) is 10.8 Å². The SMILES string of the molecule is CC(C)(CO)CNC(=O)CSc1cc(Cl)ccc1Cl. The summed E-state index contributed by atoms with van der Waals surface area (Å²) in [6, 6.07) is 5.15. The molecule has 0 aliphatic rings.